The second-order valence-corrected chi connectivity index (χ2v) is 2.31. The van der Waals surface area contributed by atoms with Crippen molar-refractivity contribution >= 4 is 0 Å². The molecule has 1 aromatic rings. The van der Waals surface area contributed by atoms with E-state index in [-0.39, 0.29) is 0 Å². The fourth-order valence-electron chi connectivity index (χ4n) is 0.628. The molecule has 1 rings (SSSR count). The Kier molecular flexibility index (Phi) is 2.78. The monoisotopic (exact) mass is 165 g/mol. The first-order valence-electron chi connectivity index (χ1n) is 3.49. The van der Waals surface area contributed by atoms with E-state index in [1.165, 1.54) is 12.1 Å². The van der Waals surface area contributed by atoms with Crippen LogP contribution in [0.4, 0.5) is 4.39 Å². The number of hydrogen-bond donors (Lipinski definition) is 1. The molecular formula is C9H8FNO. The average Bonchev–Trinajstić information content (AvgIpc) is 2.03. The molecule has 62 valence electrons. The highest BCUT2D eigenvalue weighted by molar-refractivity contribution is 5.27. The third-order valence-electron chi connectivity index (χ3n) is 1.14. The van der Waals surface area contributed by atoms with Gasteiger partial charge in [0, 0.05) is 0 Å². The first-order chi connectivity index (χ1) is 5.68. The molecule has 1 heterocycles. The number of rotatable bonds is 0. The topological polar surface area (TPSA) is 33.1 Å². The van der Waals surface area contributed by atoms with Gasteiger partial charge in [0.1, 0.15) is 17.6 Å². The number of pyridine rings is 1. The molecule has 0 amide bonds. The summed E-state index contributed by atoms with van der Waals surface area (Å²) in [4.78, 5) is 3.69. The average molecular weight is 165 g/mol. The van der Waals surface area contributed by atoms with Gasteiger partial charge in [-0.3, -0.25) is 0 Å². The van der Waals surface area contributed by atoms with Gasteiger partial charge in [-0.1, -0.05) is 5.92 Å². The number of nitrogens with zero attached hydrogens (tertiary/aromatic N) is 1. The Morgan fingerprint density at radius 3 is 2.83 bits per heavy atom. The Balaban J connectivity index is 2.79. The number of aliphatic hydroxyl groups is 1. The van der Waals surface area contributed by atoms with Gasteiger partial charge in [-0.05, 0) is 25.0 Å². The van der Waals surface area contributed by atoms with Crippen molar-refractivity contribution in [3.05, 3.63) is 29.8 Å². The molecule has 0 aliphatic heterocycles. The lowest BCUT2D eigenvalue weighted by Gasteiger charge is -1.89. The maximum Gasteiger partial charge on any atom is 0.141 e. The van der Waals surface area contributed by atoms with Crippen LogP contribution in [0.5, 0.6) is 0 Å². The number of aromatic nitrogens is 1. The molecule has 0 saturated heterocycles. The van der Waals surface area contributed by atoms with Gasteiger partial charge in [0.2, 0.25) is 0 Å². The normalized spacial score (nSPS) is 11.6. The van der Waals surface area contributed by atoms with Crippen molar-refractivity contribution in [2.45, 2.75) is 13.0 Å². The zero-order valence-corrected chi connectivity index (χ0v) is 6.58. The third kappa shape index (κ3) is 2.69. The molecule has 1 N–H and O–H groups in total. The maximum atomic E-state index is 12.3. The van der Waals surface area contributed by atoms with E-state index in [1.807, 2.05) is 0 Å². The van der Waals surface area contributed by atoms with E-state index < -0.39 is 11.9 Å². The van der Waals surface area contributed by atoms with Gasteiger partial charge >= 0.3 is 0 Å². The lowest BCUT2D eigenvalue weighted by atomic mass is 10.3. The Bertz CT molecular complexity index is 308. The highest BCUT2D eigenvalue weighted by atomic mass is 19.1. The number of hydrogen-bond acceptors (Lipinski definition) is 2. The molecule has 0 aliphatic carbocycles. The molecule has 0 aliphatic rings. The van der Waals surface area contributed by atoms with Crippen molar-refractivity contribution in [1.82, 2.24) is 4.98 Å². The molecule has 3 heteroatoms. The molecule has 0 fully saturated rings. The predicted octanol–water partition coefficient (Wildman–Crippen LogP) is 0.953. The molecular weight excluding hydrogens is 157 g/mol. The van der Waals surface area contributed by atoms with Crippen LogP contribution >= 0.6 is 0 Å². The van der Waals surface area contributed by atoms with Crippen LogP contribution in [-0.2, 0) is 0 Å². The highest BCUT2D eigenvalue weighted by Crippen LogP contribution is 1.95. The van der Waals surface area contributed by atoms with Crippen LogP contribution in [0, 0.1) is 17.7 Å². The maximum absolute atomic E-state index is 12.3. The smallest absolute Gasteiger partial charge is 0.141 e. The van der Waals surface area contributed by atoms with Crippen molar-refractivity contribution in [3.63, 3.8) is 0 Å². The summed E-state index contributed by atoms with van der Waals surface area (Å²) < 4.78 is 12.3. The summed E-state index contributed by atoms with van der Waals surface area (Å²) in [6.07, 6.45) is 0.406. The quantitative estimate of drug-likeness (QED) is 0.581. The van der Waals surface area contributed by atoms with Crippen molar-refractivity contribution in [1.29, 1.82) is 0 Å². The van der Waals surface area contributed by atoms with E-state index >= 15 is 0 Å². The van der Waals surface area contributed by atoms with Crippen molar-refractivity contribution < 1.29 is 9.50 Å². The molecule has 0 unspecified atom stereocenters. The molecule has 0 aromatic carbocycles. The Hall–Kier alpha value is -1.40. The van der Waals surface area contributed by atoms with Crippen LogP contribution in [-0.4, -0.2) is 16.2 Å². The summed E-state index contributed by atoms with van der Waals surface area (Å²) >= 11 is 0. The molecule has 2 nitrogen and oxygen atoms in total. The Morgan fingerprint density at radius 2 is 2.33 bits per heavy atom. The molecule has 12 heavy (non-hydrogen) atoms. The number of halogens is 1. The van der Waals surface area contributed by atoms with Gasteiger partial charge in [0.05, 0.1) is 6.20 Å². The minimum atomic E-state index is -0.683. The lowest BCUT2D eigenvalue weighted by Crippen LogP contribution is -1.93. The summed E-state index contributed by atoms with van der Waals surface area (Å²) in [5, 5.41) is 8.79. The standard InChI is InChI=1S/C9H8FNO/c1-7(12)2-4-9-5-3-8(10)6-11-9/h3,5-7,12H,1H3/t7-/m1/s1. The van der Waals surface area contributed by atoms with Gasteiger partial charge in [-0.25, -0.2) is 9.37 Å². The van der Waals surface area contributed by atoms with E-state index in [2.05, 4.69) is 16.8 Å². The minimum Gasteiger partial charge on any atom is -0.381 e. The molecule has 1 aromatic heterocycles. The predicted molar refractivity (Wildman–Crippen MR) is 42.8 cm³/mol. The largest absolute Gasteiger partial charge is 0.381 e. The summed E-state index contributed by atoms with van der Waals surface area (Å²) in [5.41, 5.74) is 0.456. The van der Waals surface area contributed by atoms with Crippen molar-refractivity contribution in [2.75, 3.05) is 0 Å². The molecule has 0 spiro atoms. The SMILES string of the molecule is C[C@@H](O)C#Cc1ccc(F)cn1. The summed E-state index contributed by atoms with van der Waals surface area (Å²) in [6.45, 7) is 1.55. The Morgan fingerprint density at radius 1 is 1.58 bits per heavy atom. The summed E-state index contributed by atoms with van der Waals surface area (Å²) in [7, 11) is 0. The molecule has 0 radical (unpaired) electrons. The van der Waals surface area contributed by atoms with Gasteiger partial charge in [-0.2, -0.15) is 0 Å². The second kappa shape index (κ2) is 3.84. The van der Waals surface area contributed by atoms with Crippen LogP contribution in [0.2, 0.25) is 0 Å². The minimum absolute atomic E-state index is 0.391. The summed E-state index contributed by atoms with van der Waals surface area (Å²) in [6, 6.07) is 2.74. The lowest BCUT2D eigenvalue weighted by molar-refractivity contribution is 0.253. The van der Waals surface area contributed by atoms with E-state index in [9.17, 15) is 4.39 Å². The van der Waals surface area contributed by atoms with Crippen LogP contribution in [0.3, 0.4) is 0 Å². The van der Waals surface area contributed by atoms with Crippen LogP contribution in [0.1, 0.15) is 12.6 Å². The van der Waals surface area contributed by atoms with E-state index in [1.54, 1.807) is 6.92 Å². The van der Waals surface area contributed by atoms with Crippen molar-refractivity contribution in [2.24, 2.45) is 0 Å². The van der Waals surface area contributed by atoms with Crippen LogP contribution in [0.15, 0.2) is 18.3 Å². The fourth-order valence-corrected chi connectivity index (χ4v) is 0.628. The van der Waals surface area contributed by atoms with Crippen LogP contribution in [0.25, 0.3) is 0 Å². The van der Waals surface area contributed by atoms with E-state index in [4.69, 9.17) is 5.11 Å². The fraction of sp³-hybridized carbons (Fsp3) is 0.222. The molecule has 1 atom stereocenters. The van der Waals surface area contributed by atoms with Gasteiger partial charge in [0.15, 0.2) is 0 Å². The summed E-state index contributed by atoms with van der Waals surface area (Å²) in [5.74, 6) is 4.70. The first kappa shape index (κ1) is 8.69. The Labute approximate surface area is 70.1 Å². The molecule has 0 bridgehead atoms. The van der Waals surface area contributed by atoms with Gasteiger partial charge in [-0.15, -0.1) is 0 Å². The second-order valence-electron chi connectivity index (χ2n) is 2.31. The van der Waals surface area contributed by atoms with Crippen LogP contribution < -0.4 is 0 Å². The van der Waals surface area contributed by atoms with E-state index in [0.29, 0.717) is 5.69 Å². The molecule has 0 saturated carbocycles. The van der Waals surface area contributed by atoms with Gasteiger partial charge < -0.3 is 5.11 Å². The van der Waals surface area contributed by atoms with Gasteiger partial charge in [0.25, 0.3) is 0 Å². The first-order valence-corrected chi connectivity index (χ1v) is 3.49. The number of aliphatic hydroxyl groups excluding tert-OH is 1. The zero-order valence-electron chi connectivity index (χ0n) is 6.58. The highest BCUT2D eigenvalue weighted by Gasteiger charge is 1.90. The van der Waals surface area contributed by atoms with E-state index in [0.717, 1.165) is 6.20 Å². The zero-order chi connectivity index (χ0) is 8.97. The third-order valence-corrected chi connectivity index (χ3v) is 1.14. The van der Waals surface area contributed by atoms with Crippen molar-refractivity contribution in [3.8, 4) is 11.8 Å².